The largest absolute Gasteiger partial charge is 0.493 e. The summed E-state index contributed by atoms with van der Waals surface area (Å²) in [6.45, 7) is 7.68. The maximum Gasteiger partial charge on any atom is 0.130 e. The predicted molar refractivity (Wildman–Crippen MR) is 189 cm³/mol. The average Bonchev–Trinajstić information content (AvgIpc) is 3.27. The van der Waals surface area contributed by atoms with Gasteiger partial charge in [-0.15, -0.1) is 0 Å². The highest BCUT2D eigenvalue weighted by Gasteiger charge is 2.22. The zero-order valence-corrected chi connectivity index (χ0v) is 29.6. The molecule has 3 aromatic rings. The highest BCUT2D eigenvalue weighted by Crippen LogP contribution is 2.42. The average molecular weight is 692 g/mol. The minimum Gasteiger partial charge on any atom is -0.493 e. The van der Waals surface area contributed by atoms with E-state index in [4.69, 9.17) is 4.74 Å². The third-order valence-electron chi connectivity index (χ3n) is 8.70. The number of nitrogens with zero attached hydrogens (tertiary/aromatic N) is 1. The van der Waals surface area contributed by atoms with Gasteiger partial charge in [0, 0.05) is 25.8 Å². The lowest BCUT2D eigenvalue weighted by Crippen LogP contribution is -2.09. The standard InChI is InChI=1S/C37H57Br2NO/c1-4-7-10-13-16-19-22-32(23-20-17-14-11-8-5-2)40-34-27-30(38)24-25-33(34)37-35(40)28-31(39)29-36(37)41-26-21-18-15-12-9-6-3/h24-25,27-29,32H,4-23,26H2,1-3H3. The Kier molecular flexibility index (Phi) is 16.9. The van der Waals surface area contributed by atoms with Crippen LogP contribution in [0.2, 0.25) is 0 Å². The van der Waals surface area contributed by atoms with Gasteiger partial charge in [-0.25, -0.2) is 0 Å². The van der Waals surface area contributed by atoms with E-state index in [0.717, 1.165) is 27.7 Å². The second kappa shape index (κ2) is 20.0. The molecule has 0 fully saturated rings. The zero-order chi connectivity index (χ0) is 29.3. The second-order valence-electron chi connectivity index (χ2n) is 12.2. The van der Waals surface area contributed by atoms with Crippen molar-refractivity contribution < 1.29 is 4.74 Å². The van der Waals surface area contributed by atoms with Crippen LogP contribution in [0.15, 0.2) is 39.3 Å². The van der Waals surface area contributed by atoms with Crippen molar-refractivity contribution in [3.63, 3.8) is 0 Å². The number of benzene rings is 2. The van der Waals surface area contributed by atoms with Gasteiger partial charge in [0.15, 0.2) is 0 Å². The van der Waals surface area contributed by atoms with Gasteiger partial charge in [0.2, 0.25) is 0 Å². The maximum absolute atomic E-state index is 6.56. The van der Waals surface area contributed by atoms with Crippen molar-refractivity contribution in [3.8, 4) is 5.75 Å². The van der Waals surface area contributed by atoms with Gasteiger partial charge in [-0.1, -0.05) is 168 Å². The highest BCUT2D eigenvalue weighted by molar-refractivity contribution is 9.10. The molecule has 0 unspecified atom stereocenters. The first-order valence-electron chi connectivity index (χ1n) is 17.2. The summed E-state index contributed by atoms with van der Waals surface area (Å²) in [6, 6.07) is 11.9. The molecule has 0 spiro atoms. The van der Waals surface area contributed by atoms with E-state index < -0.39 is 0 Å². The van der Waals surface area contributed by atoms with E-state index in [-0.39, 0.29) is 0 Å². The molecule has 0 saturated carbocycles. The van der Waals surface area contributed by atoms with E-state index >= 15 is 0 Å². The number of hydrogen-bond donors (Lipinski definition) is 0. The molecule has 0 aliphatic heterocycles. The minimum absolute atomic E-state index is 0.516. The van der Waals surface area contributed by atoms with Crippen molar-refractivity contribution in [1.82, 2.24) is 4.57 Å². The van der Waals surface area contributed by atoms with Gasteiger partial charge in [0.25, 0.3) is 0 Å². The van der Waals surface area contributed by atoms with Crippen LogP contribution >= 0.6 is 31.9 Å². The smallest absolute Gasteiger partial charge is 0.130 e. The molecule has 0 aliphatic rings. The summed E-state index contributed by atoms with van der Waals surface area (Å²) in [4.78, 5) is 0. The number of halogens is 2. The van der Waals surface area contributed by atoms with E-state index in [9.17, 15) is 0 Å². The number of unbranched alkanes of at least 4 members (excludes halogenated alkanes) is 15. The van der Waals surface area contributed by atoms with Crippen LogP contribution in [0.3, 0.4) is 0 Å². The monoisotopic (exact) mass is 689 g/mol. The van der Waals surface area contributed by atoms with E-state index in [2.05, 4.69) is 87.5 Å². The van der Waals surface area contributed by atoms with Crippen molar-refractivity contribution in [2.75, 3.05) is 6.61 Å². The summed E-state index contributed by atoms with van der Waals surface area (Å²) in [5.41, 5.74) is 2.67. The van der Waals surface area contributed by atoms with Crippen LogP contribution in [-0.4, -0.2) is 11.2 Å². The van der Waals surface area contributed by atoms with Crippen molar-refractivity contribution >= 4 is 53.7 Å². The molecule has 0 aliphatic carbocycles. The first kappa shape index (κ1) is 34.5. The third-order valence-corrected chi connectivity index (χ3v) is 9.65. The van der Waals surface area contributed by atoms with Gasteiger partial charge in [0.05, 0.1) is 17.6 Å². The summed E-state index contributed by atoms with van der Waals surface area (Å²) in [6.07, 6.45) is 26.4. The molecule has 2 aromatic carbocycles. The number of hydrogen-bond acceptors (Lipinski definition) is 1. The number of ether oxygens (including phenoxy) is 1. The Morgan fingerprint density at radius 2 is 1.10 bits per heavy atom. The predicted octanol–water partition coefficient (Wildman–Crippen LogP) is 14.1. The number of aromatic nitrogens is 1. The molecule has 0 amide bonds. The highest BCUT2D eigenvalue weighted by atomic mass is 79.9. The molecule has 0 radical (unpaired) electrons. The quantitative estimate of drug-likeness (QED) is 0.0903. The Morgan fingerprint density at radius 1 is 0.585 bits per heavy atom. The van der Waals surface area contributed by atoms with E-state index in [1.807, 2.05) is 0 Å². The normalized spacial score (nSPS) is 11.9. The lowest BCUT2D eigenvalue weighted by atomic mass is 9.99. The van der Waals surface area contributed by atoms with Crippen molar-refractivity contribution in [3.05, 3.63) is 39.3 Å². The molecule has 0 atom stereocenters. The number of fused-ring (bicyclic) bond motifs is 3. The molecule has 1 aromatic heterocycles. The van der Waals surface area contributed by atoms with Crippen LogP contribution in [0.5, 0.6) is 5.75 Å². The summed E-state index contributed by atoms with van der Waals surface area (Å²) in [7, 11) is 0. The Balaban J connectivity index is 1.88. The van der Waals surface area contributed by atoms with Gasteiger partial charge in [0.1, 0.15) is 5.75 Å². The Bertz CT molecular complexity index is 1120. The second-order valence-corrected chi connectivity index (χ2v) is 14.0. The fourth-order valence-corrected chi connectivity index (χ4v) is 7.14. The summed E-state index contributed by atoms with van der Waals surface area (Å²) >= 11 is 7.67. The van der Waals surface area contributed by atoms with Gasteiger partial charge < -0.3 is 9.30 Å². The lowest BCUT2D eigenvalue weighted by molar-refractivity contribution is 0.307. The molecule has 3 rings (SSSR count). The van der Waals surface area contributed by atoms with Crippen LogP contribution in [0, 0.1) is 0 Å². The molecule has 1 heterocycles. The van der Waals surface area contributed by atoms with Gasteiger partial charge in [-0.2, -0.15) is 0 Å². The fraction of sp³-hybridized carbons (Fsp3) is 0.676. The molecule has 0 N–H and O–H groups in total. The van der Waals surface area contributed by atoms with Crippen molar-refractivity contribution in [2.45, 2.75) is 155 Å². The SMILES string of the molecule is CCCCCCCCOc1cc(Br)cc2c1c1ccc(Br)cc1n2C(CCCCCCCC)CCCCCCCC. The van der Waals surface area contributed by atoms with Crippen LogP contribution in [0.25, 0.3) is 21.8 Å². The molecule has 2 nitrogen and oxygen atoms in total. The third kappa shape index (κ3) is 11.2. The van der Waals surface area contributed by atoms with E-state index in [1.165, 1.54) is 144 Å². The summed E-state index contributed by atoms with van der Waals surface area (Å²) < 4.78 is 11.5. The maximum atomic E-state index is 6.56. The van der Waals surface area contributed by atoms with E-state index in [0.29, 0.717) is 6.04 Å². The molecule has 0 saturated heterocycles. The first-order valence-corrected chi connectivity index (χ1v) is 18.7. The zero-order valence-electron chi connectivity index (χ0n) is 26.4. The molecule has 230 valence electrons. The lowest BCUT2D eigenvalue weighted by Gasteiger charge is -2.22. The summed E-state index contributed by atoms with van der Waals surface area (Å²) in [5.74, 6) is 1.03. The molecule has 4 heteroatoms. The summed E-state index contributed by atoms with van der Waals surface area (Å²) in [5, 5.41) is 2.61. The minimum atomic E-state index is 0.516. The molecule has 41 heavy (non-hydrogen) atoms. The van der Waals surface area contributed by atoms with Crippen molar-refractivity contribution in [2.24, 2.45) is 0 Å². The Morgan fingerprint density at radius 3 is 1.68 bits per heavy atom. The van der Waals surface area contributed by atoms with E-state index in [1.54, 1.807) is 0 Å². The Labute approximate surface area is 268 Å². The molecule has 0 bridgehead atoms. The van der Waals surface area contributed by atoms with Crippen molar-refractivity contribution in [1.29, 1.82) is 0 Å². The topological polar surface area (TPSA) is 14.2 Å². The van der Waals surface area contributed by atoms with Gasteiger partial charge in [-0.05, 0) is 43.5 Å². The van der Waals surface area contributed by atoms with Crippen LogP contribution < -0.4 is 4.74 Å². The number of rotatable bonds is 23. The van der Waals surface area contributed by atoms with Gasteiger partial charge in [-0.3, -0.25) is 0 Å². The van der Waals surface area contributed by atoms with Gasteiger partial charge >= 0.3 is 0 Å². The van der Waals surface area contributed by atoms with Crippen LogP contribution in [-0.2, 0) is 0 Å². The van der Waals surface area contributed by atoms with Crippen LogP contribution in [0.4, 0.5) is 0 Å². The molecular weight excluding hydrogens is 634 g/mol. The first-order chi connectivity index (χ1) is 20.1. The van der Waals surface area contributed by atoms with Crippen LogP contribution in [0.1, 0.15) is 155 Å². The molecular formula is C37H57Br2NO. The Hall–Kier alpha value is -1.00. The fourth-order valence-electron chi connectivity index (χ4n) is 6.37.